The second-order valence-electron chi connectivity index (χ2n) is 5.74. The molecule has 1 N–H and O–H groups in total. The first-order valence-corrected chi connectivity index (χ1v) is 7.61. The van der Waals surface area contributed by atoms with Crippen molar-refractivity contribution in [2.75, 3.05) is 13.1 Å². The number of amides is 1. The molecule has 5 heteroatoms. The zero-order chi connectivity index (χ0) is 16.2. The molecule has 120 valence electrons. The topological polar surface area (TPSA) is 32.3 Å². The van der Waals surface area contributed by atoms with Gasteiger partial charge < -0.3 is 10.2 Å². The van der Waals surface area contributed by atoms with Crippen LogP contribution in [0.5, 0.6) is 0 Å². The first-order valence-electron chi connectivity index (χ1n) is 7.61. The van der Waals surface area contributed by atoms with Gasteiger partial charge in [-0.2, -0.15) is 0 Å². The van der Waals surface area contributed by atoms with E-state index in [0.29, 0.717) is 24.1 Å². The average molecular weight is 316 g/mol. The number of hydrogen-bond acceptors (Lipinski definition) is 2. The maximum atomic E-state index is 13.8. The Bertz CT molecular complexity index is 705. The molecule has 1 saturated heterocycles. The lowest BCUT2D eigenvalue weighted by atomic mass is 10.0. The number of piperazine rings is 1. The summed E-state index contributed by atoms with van der Waals surface area (Å²) in [6, 6.07) is 13.0. The molecule has 1 fully saturated rings. The van der Waals surface area contributed by atoms with Crippen molar-refractivity contribution < 1.29 is 13.6 Å². The maximum absolute atomic E-state index is 13.8. The Balaban J connectivity index is 1.69. The van der Waals surface area contributed by atoms with E-state index in [1.165, 1.54) is 12.1 Å². The minimum atomic E-state index is -0.315. The van der Waals surface area contributed by atoms with Crippen LogP contribution in [-0.4, -0.2) is 29.9 Å². The van der Waals surface area contributed by atoms with E-state index in [1.807, 2.05) is 0 Å². The summed E-state index contributed by atoms with van der Waals surface area (Å²) in [5.74, 6) is -0.630. The summed E-state index contributed by atoms with van der Waals surface area (Å²) < 4.78 is 27.5. The van der Waals surface area contributed by atoms with E-state index in [9.17, 15) is 13.6 Å². The van der Waals surface area contributed by atoms with Gasteiger partial charge >= 0.3 is 0 Å². The van der Waals surface area contributed by atoms with E-state index < -0.39 is 0 Å². The van der Waals surface area contributed by atoms with E-state index in [4.69, 9.17) is 0 Å². The molecule has 1 aliphatic heterocycles. The third-order valence-corrected chi connectivity index (χ3v) is 4.08. The predicted molar refractivity (Wildman–Crippen MR) is 83.7 cm³/mol. The van der Waals surface area contributed by atoms with Crippen LogP contribution < -0.4 is 5.32 Å². The standard InChI is InChI=1S/C18H18F2N2O/c19-16-7-3-1-5-13(16)9-15-12-22(18(23)10-21-15)11-14-6-2-4-8-17(14)20/h1-8,15,21H,9-12H2. The Labute approximate surface area is 133 Å². The molecule has 3 rings (SSSR count). The summed E-state index contributed by atoms with van der Waals surface area (Å²) in [5.41, 5.74) is 1.11. The molecule has 2 aromatic rings. The van der Waals surface area contributed by atoms with E-state index in [1.54, 1.807) is 41.3 Å². The zero-order valence-electron chi connectivity index (χ0n) is 12.6. The van der Waals surface area contributed by atoms with Crippen LogP contribution in [0.15, 0.2) is 48.5 Å². The molecule has 1 heterocycles. The second-order valence-corrected chi connectivity index (χ2v) is 5.74. The van der Waals surface area contributed by atoms with Crippen molar-refractivity contribution in [1.82, 2.24) is 10.2 Å². The Hall–Kier alpha value is -2.27. The Morgan fingerprint density at radius 3 is 2.26 bits per heavy atom. The maximum Gasteiger partial charge on any atom is 0.236 e. The van der Waals surface area contributed by atoms with E-state index in [0.717, 1.165) is 0 Å². The van der Waals surface area contributed by atoms with Gasteiger partial charge in [0.2, 0.25) is 5.91 Å². The van der Waals surface area contributed by atoms with Crippen LogP contribution in [0.3, 0.4) is 0 Å². The highest BCUT2D eigenvalue weighted by Crippen LogP contribution is 2.15. The SMILES string of the molecule is O=C1CNC(Cc2ccccc2F)CN1Cc1ccccc1F. The van der Waals surface area contributed by atoms with Crippen LogP contribution in [0.1, 0.15) is 11.1 Å². The molecule has 1 unspecified atom stereocenters. The summed E-state index contributed by atoms with van der Waals surface area (Å²) >= 11 is 0. The van der Waals surface area contributed by atoms with Crippen LogP contribution in [0.2, 0.25) is 0 Å². The number of halogens is 2. The first-order chi connectivity index (χ1) is 11.1. The van der Waals surface area contributed by atoms with Crippen LogP contribution >= 0.6 is 0 Å². The molecule has 1 amide bonds. The van der Waals surface area contributed by atoms with Gasteiger partial charge in [0.05, 0.1) is 6.54 Å². The van der Waals surface area contributed by atoms with Gasteiger partial charge in [0.25, 0.3) is 0 Å². The smallest absolute Gasteiger partial charge is 0.236 e. The lowest BCUT2D eigenvalue weighted by molar-refractivity contribution is -0.133. The largest absolute Gasteiger partial charge is 0.336 e. The van der Waals surface area contributed by atoms with Gasteiger partial charge in [-0.05, 0) is 24.1 Å². The van der Waals surface area contributed by atoms with E-state index >= 15 is 0 Å². The zero-order valence-corrected chi connectivity index (χ0v) is 12.6. The van der Waals surface area contributed by atoms with Crippen LogP contribution in [0.25, 0.3) is 0 Å². The van der Waals surface area contributed by atoms with Gasteiger partial charge in [0.1, 0.15) is 11.6 Å². The molecule has 2 aromatic carbocycles. The Kier molecular flexibility index (Phi) is 4.67. The lowest BCUT2D eigenvalue weighted by Crippen LogP contribution is -2.54. The first kappa shape index (κ1) is 15.6. The molecule has 1 aliphatic rings. The number of hydrogen-bond donors (Lipinski definition) is 1. The number of nitrogens with zero attached hydrogens (tertiary/aromatic N) is 1. The number of carbonyl (C=O) groups is 1. The van der Waals surface area contributed by atoms with Gasteiger partial charge in [-0.1, -0.05) is 36.4 Å². The molecule has 0 radical (unpaired) electrons. The van der Waals surface area contributed by atoms with Crippen LogP contribution in [0, 0.1) is 11.6 Å². The quantitative estimate of drug-likeness (QED) is 0.940. The normalized spacial score (nSPS) is 18.3. The third kappa shape index (κ3) is 3.74. The van der Waals surface area contributed by atoms with Crippen molar-refractivity contribution in [2.45, 2.75) is 19.0 Å². The molecule has 0 aliphatic carbocycles. The summed E-state index contributed by atoms with van der Waals surface area (Å²) in [5, 5.41) is 3.12. The molecular formula is C18H18F2N2O. The monoisotopic (exact) mass is 316 g/mol. The summed E-state index contributed by atoms with van der Waals surface area (Å²) in [4.78, 5) is 13.7. The van der Waals surface area contributed by atoms with Crippen LogP contribution in [-0.2, 0) is 17.8 Å². The van der Waals surface area contributed by atoms with E-state index in [-0.39, 0.29) is 36.7 Å². The highest BCUT2D eigenvalue weighted by Gasteiger charge is 2.26. The number of benzene rings is 2. The number of rotatable bonds is 4. The fourth-order valence-corrected chi connectivity index (χ4v) is 2.83. The molecule has 3 nitrogen and oxygen atoms in total. The summed E-state index contributed by atoms with van der Waals surface area (Å²) in [7, 11) is 0. The minimum absolute atomic E-state index is 0.0450. The second kappa shape index (κ2) is 6.87. The summed E-state index contributed by atoms with van der Waals surface area (Å²) in [6.45, 7) is 0.857. The third-order valence-electron chi connectivity index (χ3n) is 4.08. The van der Waals surface area contributed by atoms with Gasteiger partial charge in [0, 0.05) is 24.7 Å². The lowest BCUT2D eigenvalue weighted by Gasteiger charge is -2.33. The number of carbonyl (C=O) groups excluding carboxylic acids is 1. The average Bonchev–Trinajstić information content (AvgIpc) is 2.55. The van der Waals surface area contributed by atoms with E-state index in [2.05, 4.69) is 5.32 Å². The fraction of sp³-hybridized carbons (Fsp3) is 0.278. The summed E-state index contributed by atoms with van der Waals surface area (Å²) in [6.07, 6.45) is 0.494. The highest BCUT2D eigenvalue weighted by atomic mass is 19.1. The van der Waals surface area contributed by atoms with Gasteiger partial charge in [-0.15, -0.1) is 0 Å². The van der Waals surface area contributed by atoms with Crippen molar-refractivity contribution in [3.8, 4) is 0 Å². The van der Waals surface area contributed by atoms with Gasteiger partial charge in [0.15, 0.2) is 0 Å². The Morgan fingerprint density at radius 1 is 1.00 bits per heavy atom. The highest BCUT2D eigenvalue weighted by molar-refractivity contribution is 5.79. The fourth-order valence-electron chi connectivity index (χ4n) is 2.83. The minimum Gasteiger partial charge on any atom is -0.336 e. The van der Waals surface area contributed by atoms with Gasteiger partial charge in [-0.3, -0.25) is 4.79 Å². The van der Waals surface area contributed by atoms with Gasteiger partial charge in [-0.25, -0.2) is 8.78 Å². The molecular weight excluding hydrogens is 298 g/mol. The molecule has 0 spiro atoms. The molecule has 0 bridgehead atoms. The van der Waals surface area contributed by atoms with Crippen molar-refractivity contribution in [2.24, 2.45) is 0 Å². The molecule has 0 saturated carbocycles. The van der Waals surface area contributed by atoms with Crippen LogP contribution in [0.4, 0.5) is 8.78 Å². The van der Waals surface area contributed by atoms with Crippen molar-refractivity contribution >= 4 is 5.91 Å². The molecule has 0 aromatic heterocycles. The number of nitrogens with one attached hydrogen (secondary N) is 1. The van der Waals surface area contributed by atoms with Crippen molar-refractivity contribution in [3.05, 3.63) is 71.3 Å². The predicted octanol–water partition coefficient (Wildman–Crippen LogP) is 2.51. The van der Waals surface area contributed by atoms with Crippen molar-refractivity contribution in [1.29, 1.82) is 0 Å². The van der Waals surface area contributed by atoms with Crippen molar-refractivity contribution in [3.63, 3.8) is 0 Å². The molecule has 23 heavy (non-hydrogen) atoms. The Morgan fingerprint density at radius 2 is 1.61 bits per heavy atom. The molecule has 1 atom stereocenters.